The Morgan fingerprint density at radius 3 is 2.59 bits per heavy atom. The molecule has 1 aromatic heterocycles. The Morgan fingerprint density at radius 1 is 1.11 bits per heavy atom. The van der Waals surface area contributed by atoms with Gasteiger partial charge in [0.1, 0.15) is 18.4 Å². The molecule has 5 N–H and O–H groups in total. The number of carbonyl (C=O) groups excluding carboxylic acids is 4. The number of amides is 4. The number of fused-ring (bicyclic) bond motifs is 3. The molecule has 1 aliphatic heterocycles. The molecule has 0 spiro atoms. The standard InChI is InChI=1S/C25H24ClFN6O4/c26-17-9-13(23(28)35)7-14(20(17)27)10-30-25(37)22-12-5-6-15(8-12)33(22)19(34)11-32-18-4-2-1-3-16(18)21(31-32)24(29)36/h1-4,7,9,12,15,22H,5-6,8,10-11H2,(H2,28,35)(H2,29,36)(H,30,37)/t12-,15+,22-/m0/s1. The summed E-state index contributed by atoms with van der Waals surface area (Å²) in [5.41, 5.74) is 11.4. The molecular weight excluding hydrogens is 503 g/mol. The van der Waals surface area contributed by atoms with Gasteiger partial charge in [-0.15, -0.1) is 0 Å². The topological polar surface area (TPSA) is 153 Å². The second kappa shape index (κ2) is 9.47. The fraction of sp³-hybridized carbons (Fsp3) is 0.320. The van der Waals surface area contributed by atoms with Crippen LogP contribution in [0.4, 0.5) is 4.39 Å². The van der Waals surface area contributed by atoms with E-state index in [1.54, 1.807) is 29.2 Å². The molecule has 1 aliphatic carbocycles. The zero-order chi connectivity index (χ0) is 26.4. The minimum Gasteiger partial charge on any atom is -0.366 e. The van der Waals surface area contributed by atoms with Crippen molar-refractivity contribution in [2.24, 2.45) is 17.4 Å². The van der Waals surface area contributed by atoms with Crippen LogP contribution in [0, 0.1) is 11.7 Å². The van der Waals surface area contributed by atoms with Crippen LogP contribution in [0.25, 0.3) is 10.9 Å². The van der Waals surface area contributed by atoms with E-state index in [0.29, 0.717) is 17.3 Å². The average Bonchev–Trinajstić information content (AvgIpc) is 3.58. The number of primary amides is 2. The molecule has 192 valence electrons. The zero-order valence-corrected chi connectivity index (χ0v) is 20.4. The summed E-state index contributed by atoms with van der Waals surface area (Å²) in [6, 6.07) is 8.49. The van der Waals surface area contributed by atoms with Crippen molar-refractivity contribution in [3.05, 3.63) is 64.1 Å². The second-order valence-electron chi connectivity index (χ2n) is 9.37. The monoisotopic (exact) mass is 526 g/mol. The number of benzene rings is 2. The number of nitrogens with two attached hydrogens (primary N) is 2. The highest BCUT2D eigenvalue weighted by Gasteiger charge is 2.51. The lowest BCUT2D eigenvalue weighted by Crippen LogP contribution is -2.53. The van der Waals surface area contributed by atoms with Crippen LogP contribution in [0.1, 0.15) is 45.7 Å². The Kier molecular flexibility index (Phi) is 6.32. The van der Waals surface area contributed by atoms with Crippen LogP contribution in [-0.4, -0.2) is 50.4 Å². The zero-order valence-electron chi connectivity index (χ0n) is 19.6. The molecular formula is C25H24ClFN6O4. The Labute approximate surface area is 215 Å². The number of piperidine rings is 1. The number of carbonyl (C=O) groups is 4. The first-order valence-electron chi connectivity index (χ1n) is 11.8. The van der Waals surface area contributed by atoms with Crippen molar-refractivity contribution in [3.63, 3.8) is 0 Å². The maximum absolute atomic E-state index is 14.5. The van der Waals surface area contributed by atoms with Gasteiger partial charge in [-0.1, -0.05) is 29.8 Å². The van der Waals surface area contributed by atoms with Gasteiger partial charge in [0.2, 0.25) is 17.7 Å². The van der Waals surface area contributed by atoms with Crippen molar-refractivity contribution in [1.82, 2.24) is 20.0 Å². The summed E-state index contributed by atoms with van der Waals surface area (Å²) in [5.74, 6) is -3.01. The number of hydrogen-bond acceptors (Lipinski definition) is 5. The molecule has 2 fully saturated rings. The molecule has 2 bridgehead atoms. The predicted molar refractivity (Wildman–Crippen MR) is 132 cm³/mol. The Bertz CT molecular complexity index is 1460. The number of para-hydroxylation sites is 1. The SMILES string of the molecule is NC(=O)c1cc(Cl)c(F)c(CNC(=O)[C@@H]2[C@H]3CC[C@H](C3)N2C(=O)Cn2nc(C(N)=O)c3ccccc32)c1. The number of nitrogens with zero attached hydrogens (tertiary/aromatic N) is 3. The van der Waals surface area contributed by atoms with Crippen molar-refractivity contribution in [2.75, 3.05) is 0 Å². The molecule has 5 rings (SSSR count). The van der Waals surface area contributed by atoms with Gasteiger partial charge in [-0.2, -0.15) is 5.10 Å². The molecule has 2 heterocycles. The van der Waals surface area contributed by atoms with Gasteiger partial charge in [-0.25, -0.2) is 4.39 Å². The molecule has 3 atom stereocenters. The Balaban J connectivity index is 1.36. The van der Waals surface area contributed by atoms with Crippen LogP contribution in [-0.2, 0) is 22.7 Å². The molecule has 2 aliphatic rings. The van der Waals surface area contributed by atoms with Crippen LogP contribution in [0.3, 0.4) is 0 Å². The van der Waals surface area contributed by atoms with Gasteiger partial charge < -0.3 is 21.7 Å². The van der Waals surface area contributed by atoms with Crippen LogP contribution < -0.4 is 16.8 Å². The van der Waals surface area contributed by atoms with Crippen molar-refractivity contribution >= 4 is 46.1 Å². The summed E-state index contributed by atoms with van der Waals surface area (Å²) >= 11 is 5.88. The van der Waals surface area contributed by atoms with Crippen molar-refractivity contribution in [3.8, 4) is 0 Å². The van der Waals surface area contributed by atoms with Crippen LogP contribution in [0.2, 0.25) is 5.02 Å². The third-order valence-corrected chi connectivity index (χ3v) is 7.43. The molecule has 0 unspecified atom stereocenters. The number of halogens is 2. The number of likely N-dealkylation sites (tertiary alicyclic amines) is 1. The minimum absolute atomic E-state index is 0.0117. The average molecular weight is 527 g/mol. The van der Waals surface area contributed by atoms with Gasteiger partial charge in [0.25, 0.3) is 5.91 Å². The van der Waals surface area contributed by atoms with E-state index in [1.807, 2.05) is 0 Å². The fourth-order valence-corrected chi connectivity index (χ4v) is 5.77. The lowest BCUT2D eigenvalue weighted by atomic mass is 9.97. The third kappa shape index (κ3) is 4.39. The van der Waals surface area contributed by atoms with Crippen molar-refractivity contribution in [1.29, 1.82) is 0 Å². The maximum atomic E-state index is 14.5. The first-order valence-corrected chi connectivity index (χ1v) is 12.2. The molecule has 12 heteroatoms. The van der Waals surface area contributed by atoms with Crippen LogP contribution in [0.15, 0.2) is 36.4 Å². The second-order valence-corrected chi connectivity index (χ2v) is 9.78. The normalized spacial score (nSPS) is 20.4. The van der Waals surface area contributed by atoms with Gasteiger partial charge in [0, 0.05) is 29.1 Å². The number of rotatable bonds is 7. The smallest absolute Gasteiger partial charge is 0.269 e. The Hall–Kier alpha value is -3.99. The van der Waals surface area contributed by atoms with Crippen molar-refractivity contribution in [2.45, 2.75) is 44.4 Å². The van der Waals surface area contributed by atoms with Crippen LogP contribution in [0.5, 0.6) is 0 Å². The molecule has 10 nitrogen and oxygen atoms in total. The fourth-order valence-electron chi connectivity index (χ4n) is 5.53. The van der Waals surface area contributed by atoms with E-state index in [-0.39, 0.29) is 52.8 Å². The van der Waals surface area contributed by atoms with Crippen molar-refractivity contribution < 1.29 is 23.6 Å². The van der Waals surface area contributed by atoms with E-state index in [1.165, 1.54) is 10.7 Å². The molecule has 2 aromatic carbocycles. The molecule has 3 aromatic rings. The van der Waals surface area contributed by atoms with Crippen LogP contribution >= 0.6 is 11.6 Å². The van der Waals surface area contributed by atoms with E-state index in [0.717, 1.165) is 18.9 Å². The molecule has 1 saturated heterocycles. The molecule has 4 amide bonds. The summed E-state index contributed by atoms with van der Waals surface area (Å²) in [6.07, 6.45) is 2.26. The van der Waals surface area contributed by atoms with Gasteiger partial charge in [0.05, 0.1) is 10.5 Å². The van der Waals surface area contributed by atoms with E-state index in [2.05, 4.69) is 10.4 Å². The first-order chi connectivity index (χ1) is 17.7. The van der Waals surface area contributed by atoms with Gasteiger partial charge >= 0.3 is 0 Å². The highest BCUT2D eigenvalue weighted by molar-refractivity contribution is 6.31. The molecule has 0 radical (unpaired) electrons. The van der Waals surface area contributed by atoms with E-state index in [9.17, 15) is 23.6 Å². The Morgan fingerprint density at radius 2 is 1.86 bits per heavy atom. The lowest BCUT2D eigenvalue weighted by Gasteiger charge is -2.34. The highest BCUT2D eigenvalue weighted by Crippen LogP contribution is 2.42. The largest absolute Gasteiger partial charge is 0.366 e. The highest BCUT2D eigenvalue weighted by atomic mass is 35.5. The maximum Gasteiger partial charge on any atom is 0.269 e. The molecule has 37 heavy (non-hydrogen) atoms. The number of nitrogens with one attached hydrogen (secondary N) is 1. The lowest BCUT2D eigenvalue weighted by molar-refractivity contribution is -0.143. The summed E-state index contributed by atoms with van der Waals surface area (Å²) < 4.78 is 15.9. The first kappa shape index (κ1) is 24.7. The summed E-state index contributed by atoms with van der Waals surface area (Å²) in [5, 5.41) is 7.20. The number of hydrogen-bond donors (Lipinski definition) is 3. The molecule has 1 saturated carbocycles. The van der Waals surface area contributed by atoms with Gasteiger partial charge in [-0.3, -0.25) is 23.9 Å². The summed E-state index contributed by atoms with van der Waals surface area (Å²) in [6.45, 7) is -0.404. The van der Waals surface area contributed by atoms with E-state index < -0.39 is 29.6 Å². The predicted octanol–water partition coefficient (Wildman–Crippen LogP) is 1.72. The number of aromatic nitrogens is 2. The van der Waals surface area contributed by atoms with E-state index >= 15 is 0 Å². The quantitative estimate of drug-likeness (QED) is 0.428. The summed E-state index contributed by atoms with van der Waals surface area (Å²) in [7, 11) is 0. The van der Waals surface area contributed by atoms with Gasteiger partial charge in [0.15, 0.2) is 5.69 Å². The minimum atomic E-state index is -0.773. The third-order valence-electron chi connectivity index (χ3n) is 7.16. The van der Waals surface area contributed by atoms with Gasteiger partial charge in [-0.05, 0) is 43.4 Å². The van der Waals surface area contributed by atoms with E-state index in [4.69, 9.17) is 23.1 Å². The summed E-state index contributed by atoms with van der Waals surface area (Å²) in [4.78, 5) is 51.7.